The van der Waals surface area contributed by atoms with E-state index in [0.29, 0.717) is 0 Å². The summed E-state index contributed by atoms with van der Waals surface area (Å²) in [4.78, 5) is 8.33. The first kappa shape index (κ1) is 22.5. The van der Waals surface area contributed by atoms with Crippen LogP contribution in [0.25, 0.3) is 0 Å². The summed E-state index contributed by atoms with van der Waals surface area (Å²) in [6, 6.07) is 0. The van der Waals surface area contributed by atoms with Crippen molar-refractivity contribution in [1.29, 1.82) is 0 Å². The van der Waals surface area contributed by atoms with E-state index >= 15 is 0 Å². The van der Waals surface area contributed by atoms with E-state index in [-0.39, 0.29) is 116 Å². The molecule has 0 amide bonds. The predicted molar refractivity (Wildman–Crippen MR) is 15.8 cm³/mol. The molecule has 0 N–H and O–H groups in total. The minimum Gasteiger partial charge on any atom is -0.652 e. The second kappa shape index (κ2) is 16.0. The molecular formula is CH2K2O3S. The second-order valence-electron chi connectivity index (χ2n) is 0.250. The Kier molecular flexibility index (Phi) is 51.3. The molecule has 32 valence electrons. The third-order valence-corrected chi connectivity index (χ3v) is 0. The Morgan fingerprint density at radius 3 is 1.14 bits per heavy atom. The molecule has 0 aliphatic carbocycles. The van der Waals surface area contributed by atoms with Gasteiger partial charge in [0.2, 0.25) is 0 Å². The molecule has 0 heterocycles. The molecule has 0 saturated carbocycles. The van der Waals surface area contributed by atoms with Gasteiger partial charge in [-0.2, -0.15) is 13.5 Å². The third kappa shape index (κ3) is 50.5. The minimum absolute atomic E-state index is 0. The van der Waals surface area contributed by atoms with Gasteiger partial charge >= 0.3 is 103 Å². The number of carbonyl (C=O) groups is 1. The van der Waals surface area contributed by atoms with Crippen LogP contribution < -0.4 is 113 Å². The maximum atomic E-state index is 8.33. The van der Waals surface area contributed by atoms with Gasteiger partial charge in [-0.25, -0.2) is 0 Å². The summed E-state index contributed by atoms with van der Waals surface area (Å²) in [6.07, 6.45) is -2.33. The Hall–Kier alpha value is 2.89. The van der Waals surface area contributed by atoms with E-state index in [1.807, 2.05) is 0 Å². The van der Waals surface area contributed by atoms with E-state index in [0.717, 1.165) is 0 Å². The van der Waals surface area contributed by atoms with Crippen LogP contribution >= 0.6 is 13.5 Å². The van der Waals surface area contributed by atoms with Crippen molar-refractivity contribution in [3.8, 4) is 0 Å². The molecule has 0 bridgehead atoms. The van der Waals surface area contributed by atoms with Gasteiger partial charge in [0.05, 0.1) is 0 Å². The Balaban J connectivity index is -0.0000000150. The van der Waals surface area contributed by atoms with Crippen molar-refractivity contribution in [1.82, 2.24) is 0 Å². The van der Waals surface area contributed by atoms with Gasteiger partial charge in [-0.1, -0.05) is 0 Å². The van der Waals surface area contributed by atoms with Crippen LogP contribution in [0.15, 0.2) is 0 Å². The molecule has 6 heteroatoms. The van der Waals surface area contributed by atoms with E-state index < -0.39 is 6.16 Å². The molecule has 0 aromatic heterocycles. The standard InChI is InChI=1S/CH2O3.2K.H2S/c2-1(3)4;;;/h(H2,2,3,4);;;1H2/q;2*+1;/p-2. The van der Waals surface area contributed by atoms with Gasteiger partial charge in [-0.3, -0.25) is 0 Å². The molecule has 0 aliphatic heterocycles. The Morgan fingerprint density at radius 2 is 1.14 bits per heavy atom. The monoisotopic (exact) mass is 172 g/mol. The zero-order valence-corrected chi connectivity index (χ0v) is 11.5. The smallest absolute Gasteiger partial charge is 0.652 e. The number of hydrogen-bond donors (Lipinski definition) is 0. The topological polar surface area (TPSA) is 63.2 Å². The molecule has 0 aliphatic rings. The second-order valence-corrected chi connectivity index (χ2v) is 0.250. The predicted octanol–water partition coefficient (Wildman–Crippen LogP) is -8.33. The van der Waals surface area contributed by atoms with Gasteiger partial charge in [0.25, 0.3) is 0 Å². The van der Waals surface area contributed by atoms with Gasteiger partial charge in [-0.15, -0.1) is 0 Å². The summed E-state index contributed by atoms with van der Waals surface area (Å²) >= 11 is 0. The zero-order chi connectivity index (χ0) is 3.58. The number of rotatable bonds is 0. The summed E-state index contributed by atoms with van der Waals surface area (Å²) in [5.41, 5.74) is 0. The maximum Gasteiger partial charge on any atom is 1.00 e. The fourth-order valence-electron chi connectivity index (χ4n) is 0. The van der Waals surface area contributed by atoms with Crippen LogP contribution in [0.2, 0.25) is 0 Å². The quantitative estimate of drug-likeness (QED) is 0.341. The fourth-order valence-corrected chi connectivity index (χ4v) is 0. The molecule has 0 aromatic rings. The summed E-state index contributed by atoms with van der Waals surface area (Å²) in [5, 5.41) is 16.7. The van der Waals surface area contributed by atoms with Crippen molar-refractivity contribution in [2.75, 3.05) is 0 Å². The van der Waals surface area contributed by atoms with Crippen LogP contribution in [0.3, 0.4) is 0 Å². The minimum atomic E-state index is -2.33. The average molecular weight is 172 g/mol. The summed E-state index contributed by atoms with van der Waals surface area (Å²) in [7, 11) is 0. The van der Waals surface area contributed by atoms with Crippen molar-refractivity contribution in [2.45, 2.75) is 0 Å². The number of carboxylic acid groups (broad SMARTS) is 2. The Labute approximate surface area is 134 Å². The van der Waals surface area contributed by atoms with Gasteiger partial charge in [0.1, 0.15) is 0 Å². The van der Waals surface area contributed by atoms with E-state index in [1.165, 1.54) is 0 Å². The van der Waals surface area contributed by atoms with Crippen LogP contribution in [0.4, 0.5) is 4.79 Å². The van der Waals surface area contributed by atoms with Crippen molar-refractivity contribution in [2.24, 2.45) is 0 Å². The van der Waals surface area contributed by atoms with Crippen molar-refractivity contribution < 1.29 is 118 Å². The van der Waals surface area contributed by atoms with Gasteiger partial charge < -0.3 is 15.0 Å². The number of carbonyl (C=O) groups excluding carboxylic acids is 1. The van der Waals surface area contributed by atoms with E-state index in [1.54, 1.807) is 0 Å². The van der Waals surface area contributed by atoms with Crippen LogP contribution in [-0.4, -0.2) is 6.16 Å². The van der Waals surface area contributed by atoms with Crippen LogP contribution in [0.5, 0.6) is 0 Å². The average Bonchev–Trinajstić information content (AvgIpc) is 0.811. The Morgan fingerprint density at radius 1 is 1.14 bits per heavy atom. The SMILES string of the molecule is O=C([O-])[O-].S.[K+].[K+]. The van der Waals surface area contributed by atoms with E-state index in [9.17, 15) is 0 Å². The largest absolute Gasteiger partial charge is 1.00 e. The molecule has 0 fully saturated rings. The summed E-state index contributed by atoms with van der Waals surface area (Å²) < 4.78 is 0. The van der Waals surface area contributed by atoms with Crippen LogP contribution in [0, 0.1) is 0 Å². The summed E-state index contributed by atoms with van der Waals surface area (Å²) in [6.45, 7) is 0. The fraction of sp³-hybridized carbons (Fsp3) is 0. The normalized spacial score (nSPS) is 3.43. The van der Waals surface area contributed by atoms with Gasteiger partial charge in [0, 0.05) is 0 Å². The van der Waals surface area contributed by atoms with E-state index in [4.69, 9.17) is 15.0 Å². The summed E-state index contributed by atoms with van der Waals surface area (Å²) in [5.74, 6) is 0. The molecule has 0 radical (unpaired) electrons. The molecule has 0 spiro atoms. The first-order chi connectivity index (χ1) is 1.73. The molecular weight excluding hydrogens is 170 g/mol. The molecule has 0 atom stereocenters. The molecule has 3 nitrogen and oxygen atoms in total. The molecule has 0 saturated heterocycles. The third-order valence-electron chi connectivity index (χ3n) is 0. The van der Waals surface area contributed by atoms with Crippen molar-refractivity contribution in [3.05, 3.63) is 0 Å². The maximum absolute atomic E-state index is 8.33. The van der Waals surface area contributed by atoms with Gasteiger partial charge in [0.15, 0.2) is 0 Å². The Bertz CT molecular complexity index is 35.9. The van der Waals surface area contributed by atoms with Gasteiger partial charge in [-0.05, 0) is 6.16 Å². The first-order valence-electron chi connectivity index (χ1n) is 0.612. The molecule has 0 rings (SSSR count). The van der Waals surface area contributed by atoms with Crippen molar-refractivity contribution >= 4 is 19.7 Å². The van der Waals surface area contributed by atoms with Crippen molar-refractivity contribution in [3.63, 3.8) is 0 Å². The first-order valence-corrected chi connectivity index (χ1v) is 0.612. The molecule has 0 aromatic carbocycles. The number of hydrogen-bond acceptors (Lipinski definition) is 3. The van der Waals surface area contributed by atoms with Crippen LogP contribution in [0.1, 0.15) is 0 Å². The molecule has 0 unspecified atom stereocenters. The van der Waals surface area contributed by atoms with Crippen LogP contribution in [-0.2, 0) is 0 Å². The molecule has 7 heavy (non-hydrogen) atoms. The zero-order valence-electron chi connectivity index (χ0n) is 4.22. The van der Waals surface area contributed by atoms with E-state index in [2.05, 4.69) is 0 Å².